The van der Waals surface area contributed by atoms with Gasteiger partial charge in [-0.1, -0.05) is 18.2 Å². The Morgan fingerprint density at radius 1 is 1.19 bits per heavy atom. The van der Waals surface area contributed by atoms with E-state index in [1.165, 1.54) is 7.11 Å². The molecule has 1 atom stereocenters. The summed E-state index contributed by atoms with van der Waals surface area (Å²) in [5, 5.41) is 6.87. The van der Waals surface area contributed by atoms with Crippen molar-refractivity contribution < 1.29 is 19.1 Å². The number of alkyl carbamates (subject to hydrolysis) is 1. The highest BCUT2D eigenvalue weighted by Crippen LogP contribution is 2.19. The van der Waals surface area contributed by atoms with Gasteiger partial charge in [-0.15, -0.1) is 0 Å². The van der Waals surface area contributed by atoms with Crippen LogP contribution in [0.5, 0.6) is 0 Å². The second-order valence-corrected chi connectivity index (χ2v) is 7.02. The molecule has 0 aliphatic heterocycles. The minimum absolute atomic E-state index is 0.340. The molecular formula is C19H27N3O4. The van der Waals surface area contributed by atoms with Crippen LogP contribution in [0.4, 0.5) is 4.79 Å². The first kappa shape index (κ1) is 19.8. The molecule has 0 aliphatic carbocycles. The van der Waals surface area contributed by atoms with Crippen LogP contribution < -0.4 is 10.6 Å². The van der Waals surface area contributed by atoms with E-state index in [1.807, 2.05) is 30.5 Å². The van der Waals surface area contributed by atoms with E-state index < -0.39 is 17.7 Å². The van der Waals surface area contributed by atoms with E-state index in [0.717, 1.165) is 16.5 Å². The Labute approximate surface area is 153 Å². The SMILES string of the molecule is COC(=O)[C@@H](Cc1c[nH]c2ccccc12)NCCNC(=O)OC(C)(C)C. The van der Waals surface area contributed by atoms with Crippen molar-refractivity contribution in [2.45, 2.75) is 38.8 Å². The number of carbonyl (C=O) groups is 2. The average Bonchev–Trinajstić information content (AvgIpc) is 2.98. The minimum Gasteiger partial charge on any atom is -0.468 e. The summed E-state index contributed by atoms with van der Waals surface area (Å²) < 4.78 is 10.1. The van der Waals surface area contributed by atoms with E-state index in [2.05, 4.69) is 15.6 Å². The van der Waals surface area contributed by atoms with Gasteiger partial charge in [-0.25, -0.2) is 4.79 Å². The Morgan fingerprint density at radius 2 is 1.92 bits per heavy atom. The molecule has 1 heterocycles. The van der Waals surface area contributed by atoms with Crippen LogP contribution in [-0.4, -0.2) is 48.9 Å². The molecule has 7 nitrogen and oxygen atoms in total. The third-order valence-electron chi connectivity index (χ3n) is 3.77. The molecule has 0 saturated heterocycles. The maximum absolute atomic E-state index is 12.1. The van der Waals surface area contributed by atoms with Gasteiger partial charge in [0.15, 0.2) is 0 Å². The van der Waals surface area contributed by atoms with Gasteiger partial charge in [0, 0.05) is 36.6 Å². The fourth-order valence-corrected chi connectivity index (χ4v) is 2.63. The quantitative estimate of drug-likeness (QED) is 0.520. The number of rotatable bonds is 7. The number of amides is 1. The maximum atomic E-state index is 12.1. The summed E-state index contributed by atoms with van der Waals surface area (Å²) in [7, 11) is 1.37. The number of hydrogen-bond donors (Lipinski definition) is 3. The van der Waals surface area contributed by atoms with Crippen LogP contribution in [0.3, 0.4) is 0 Å². The van der Waals surface area contributed by atoms with Gasteiger partial charge in [0.2, 0.25) is 0 Å². The number of methoxy groups -OCH3 is 1. The van der Waals surface area contributed by atoms with Gasteiger partial charge >= 0.3 is 12.1 Å². The van der Waals surface area contributed by atoms with Crippen molar-refractivity contribution in [3.8, 4) is 0 Å². The number of aromatic nitrogens is 1. The molecule has 0 saturated carbocycles. The van der Waals surface area contributed by atoms with Gasteiger partial charge in [0.05, 0.1) is 7.11 Å². The summed E-state index contributed by atoms with van der Waals surface area (Å²) in [6.45, 7) is 6.18. The standard InChI is InChI=1S/C19H27N3O4/c1-19(2,3)26-18(24)21-10-9-20-16(17(23)25-4)11-13-12-22-15-8-6-5-7-14(13)15/h5-8,12,16,20,22H,9-11H2,1-4H3,(H,21,24)/t16-/m1/s1. The van der Waals surface area contributed by atoms with E-state index >= 15 is 0 Å². The smallest absolute Gasteiger partial charge is 0.407 e. The Hall–Kier alpha value is -2.54. The fraction of sp³-hybridized carbons (Fsp3) is 0.474. The first-order valence-corrected chi connectivity index (χ1v) is 8.63. The largest absolute Gasteiger partial charge is 0.468 e. The molecule has 0 radical (unpaired) electrons. The molecular weight excluding hydrogens is 334 g/mol. The lowest BCUT2D eigenvalue weighted by atomic mass is 10.0. The third kappa shape index (κ3) is 5.77. The zero-order valence-corrected chi connectivity index (χ0v) is 15.7. The highest BCUT2D eigenvalue weighted by atomic mass is 16.6. The molecule has 2 rings (SSSR count). The second-order valence-electron chi connectivity index (χ2n) is 7.02. The average molecular weight is 361 g/mol. The van der Waals surface area contributed by atoms with E-state index in [0.29, 0.717) is 19.5 Å². The number of hydrogen-bond acceptors (Lipinski definition) is 5. The van der Waals surface area contributed by atoms with E-state index in [1.54, 1.807) is 20.8 Å². The van der Waals surface area contributed by atoms with Crippen molar-refractivity contribution in [1.82, 2.24) is 15.6 Å². The number of benzene rings is 1. The number of fused-ring (bicyclic) bond motifs is 1. The number of aromatic amines is 1. The fourth-order valence-electron chi connectivity index (χ4n) is 2.63. The monoisotopic (exact) mass is 361 g/mol. The summed E-state index contributed by atoms with van der Waals surface area (Å²) >= 11 is 0. The molecule has 0 aliphatic rings. The van der Waals surface area contributed by atoms with Crippen molar-refractivity contribution in [1.29, 1.82) is 0 Å². The van der Waals surface area contributed by atoms with Crippen molar-refractivity contribution in [2.24, 2.45) is 0 Å². The molecule has 26 heavy (non-hydrogen) atoms. The zero-order chi connectivity index (χ0) is 19.2. The van der Waals surface area contributed by atoms with Crippen LogP contribution >= 0.6 is 0 Å². The van der Waals surface area contributed by atoms with Gasteiger partial charge in [-0.05, 0) is 32.4 Å². The predicted molar refractivity (Wildman–Crippen MR) is 100 cm³/mol. The van der Waals surface area contributed by atoms with Gasteiger partial charge in [0.25, 0.3) is 0 Å². The van der Waals surface area contributed by atoms with Crippen molar-refractivity contribution in [3.05, 3.63) is 36.0 Å². The Bertz CT molecular complexity index is 749. The van der Waals surface area contributed by atoms with Gasteiger partial charge in [-0.2, -0.15) is 0 Å². The zero-order valence-electron chi connectivity index (χ0n) is 15.7. The molecule has 142 valence electrons. The third-order valence-corrected chi connectivity index (χ3v) is 3.77. The number of carbonyl (C=O) groups excluding carboxylic acids is 2. The minimum atomic E-state index is -0.540. The van der Waals surface area contributed by atoms with E-state index in [4.69, 9.17) is 9.47 Å². The lowest BCUT2D eigenvalue weighted by molar-refractivity contribution is -0.143. The Kier molecular flexibility index (Phi) is 6.63. The van der Waals surface area contributed by atoms with Gasteiger partial charge in [-0.3, -0.25) is 4.79 Å². The Morgan fingerprint density at radius 3 is 2.62 bits per heavy atom. The van der Waals surface area contributed by atoms with Crippen molar-refractivity contribution in [2.75, 3.05) is 20.2 Å². The number of para-hydroxylation sites is 1. The number of nitrogens with one attached hydrogen (secondary N) is 3. The topological polar surface area (TPSA) is 92.5 Å². The first-order chi connectivity index (χ1) is 12.3. The number of ether oxygens (including phenoxy) is 2. The summed E-state index contributed by atoms with van der Waals surface area (Å²) in [6, 6.07) is 7.43. The van der Waals surface area contributed by atoms with Crippen LogP contribution in [0.15, 0.2) is 30.5 Å². The number of esters is 1. The summed E-state index contributed by atoms with van der Waals surface area (Å²) in [5.41, 5.74) is 1.52. The van der Waals surface area contributed by atoms with Gasteiger partial charge in [0.1, 0.15) is 11.6 Å². The molecule has 0 bridgehead atoms. The highest BCUT2D eigenvalue weighted by molar-refractivity contribution is 5.84. The van der Waals surface area contributed by atoms with Crippen LogP contribution in [0, 0.1) is 0 Å². The molecule has 7 heteroatoms. The van der Waals surface area contributed by atoms with Crippen LogP contribution in [-0.2, 0) is 20.7 Å². The molecule has 0 fully saturated rings. The van der Waals surface area contributed by atoms with Crippen molar-refractivity contribution >= 4 is 23.0 Å². The molecule has 1 aromatic heterocycles. The molecule has 0 unspecified atom stereocenters. The van der Waals surface area contributed by atoms with Crippen LogP contribution in [0.2, 0.25) is 0 Å². The molecule has 3 N–H and O–H groups in total. The summed E-state index contributed by atoms with van der Waals surface area (Å²) in [5.74, 6) is -0.340. The van der Waals surface area contributed by atoms with Crippen LogP contribution in [0.25, 0.3) is 10.9 Å². The highest BCUT2D eigenvalue weighted by Gasteiger charge is 2.21. The second kappa shape index (κ2) is 8.71. The first-order valence-electron chi connectivity index (χ1n) is 8.63. The summed E-state index contributed by atoms with van der Waals surface area (Å²) in [6.07, 6.45) is 1.91. The lowest BCUT2D eigenvalue weighted by Gasteiger charge is -2.20. The normalized spacial score (nSPS) is 12.6. The molecule has 1 aromatic carbocycles. The summed E-state index contributed by atoms with van der Waals surface area (Å²) in [4.78, 5) is 26.9. The van der Waals surface area contributed by atoms with E-state index in [9.17, 15) is 9.59 Å². The number of H-pyrrole nitrogens is 1. The van der Waals surface area contributed by atoms with Crippen LogP contribution in [0.1, 0.15) is 26.3 Å². The Balaban J connectivity index is 1.90. The van der Waals surface area contributed by atoms with E-state index in [-0.39, 0.29) is 5.97 Å². The molecule has 0 spiro atoms. The van der Waals surface area contributed by atoms with Crippen molar-refractivity contribution in [3.63, 3.8) is 0 Å². The molecule has 1 amide bonds. The lowest BCUT2D eigenvalue weighted by Crippen LogP contribution is -2.44. The molecule has 2 aromatic rings. The maximum Gasteiger partial charge on any atom is 0.407 e. The predicted octanol–water partition coefficient (Wildman–Crippen LogP) is 2.37. The van der Waals surface area contributed by atoms with Gasteiger partial charge < -0.3 is 25.1 Å².